The van der Waals surface area contributed by atoms with Gasteiger partial charge in [-0.3, -0.25) is 0 Å². The van der Waals surface area contributed by atoms with Crippen LogP contribution in [0.25, 0.3) is 32.7 Å². The zero-order valence-corrected chi connectivity index (χ0v) is 21.7. The summed E-state index contributed by atoms with van der Waals surface area (Å²) in [5, 5.41) is 5.06. The first-order valence-electron chi connectivity index (χ1n) is 12.5. The van der Waals surface area contributed by atoms with Gasteiger partial charge in [0, 0.05) is 5.41 Å². The minimum Gasteiger partial charge on any atom is -0.399 e. The zero-order valence-electron chi connectivity index (χ0n) is 21.7. The molecule has 4 aromatic rings. The fourth-order valence-electron chi connectivity index (χ4n) is 5.39. The van der Waals surface area contributed by atoms with Gasteiger partial charge in [-0.25, -0.2) is 0 Å². The predicted octanol–water partition coefficient (Wildman–Crippen LogP) is 7.62. The maximum atomic E-state index is 6.34. The molecular weight excluding hydrogens is 415 g/mol. The Morgan fingerprint density at radius 1 is 0.588 bits per heavy atom. The molecule has 0 radical (unpaired) electrons. The lowest BCUT2D eigenvalue weighted by Gasteiger charge is -2.32. The molecule has 2 nitrogen and oxygen atoms in total. The molecular formula is C31H35BO2. The Morgan fingerprint density at radius 2 is 1.18 bits per heavy atom. The van der Waals surface area contributed by atoms with E-state index in [2.05, 4.69) is 108 Å². The van der Waals surface area contributed by atoms with Gasteiger partial charge >= 0.3 is 7.12 Å². The van der Waals surface area contributed by atoms with E-state index < -0.39 is 0 Å². The molecule has 0 amide bonds. The lowest BCUT2D eigenvalue weighted by Crippen LogP contribution is -2.41. The molecule has 0 atom stereocenters. The summed E-state index contributed by atoms with van der Waals surface area (Å²) in [7, 11) is -0.352. The second-order valence-corrected chi connectivity index (χ2v) is 10.9. The van der Waals surface area contributed by atoms with Gasteiger partial charge in [-0.15, -0.1) is 0 Å². The Hall–Kier alpha value is -2.62. The standard InChI is InChI=1S/C29H29BO2.C2H6/c1-27(2)25-10-8-7-9-21(25)24-15-19-12-11-18-13-14-20(16-22(18)23(19)17-26(24)27)30-31-28(3,4)29(5,6)32-30;1-2/h7-17H,1-6H3;1-2H3. The van der Waals surface area contributed by atoms with E-state index in [1.165, 1.54) is 43.8 Å². The average molecular weight is 450 g/mol. The van der Waals surface area contributed by atoms with Crippen molar-refractivity contribution in [3.63, 3.8) is 0 Å². The minimum atomic E-state index is -0.352. The molecule has 34 heavy (non-hydrogen) atoms. The van der Waals surface area contributed by atoms with E-state index in [0.29, 0.717) is 0 Å². The topological polar surface area (TPSA) is 18.5 Å². The highest BCUT2D eigenvalue weighted by molar-refractivity contribution is 6.62. The number of hydrogen-bond donors (Lipinski definition) is 0. The second kappa shape index (κ2) is 7.70. The predicted molar refractivity (Wildman–Crippen MR) is 146 cm³/mol. The van der Waals surface area contributed by atoms with Crippen LogP contribution in [0.15, 0.2) is 66.7 Å². The van der Waals surface area contributed by atoms with Crippen LogP contribution >= 0.6 is 0 Å². The molecule has 1 aliphatic carbocycles. The Bertz CT molecular complexity index is 1400. The number of hydrogen-bond acceptors (Lipinski definition) is 2. The van der Waals surface area contributed by atoms with Crippen LogP contribution in [-0.2, 0) is 14.7 Å². The largest absolute Gasteiger partial charge is 0.494 e. The normalized spacial score (nSPS) is 19.0. The molecule has 1 aliphatic heterocycles. The van der Waals surface area contributed by atoms with Gasteiger partial charge < -0.3 is 9.31 Å². The first-order chi connectivity index (χ1) is 16.1. The fraction of sp³-hybridized carbons (Fsp3) is 0.355. The molecule has 1 fully saturated rings. The molecule has 0 unspecified atom stereocenters. The Balaban J connectivity index is 0.00000117. The molecule has 0 saturated carbocycles. The van der Waals surface area contributed by atoms with Gasteiger partial charge in [-0.2, -0.15) is 0 Å². The van der Waals surface area contributed by atoms with E-state index in [9.17, 15) is 0 Å². The lowest BCUT2D eigenvalue weighted by molar-refractivity contribution is 0.00578. The molecule has 0 bridgehead atoms. The molecule has 0 N–H and O–H groups in total. The summed E-state index contributed by atoms with van der Waals surface area (Å²) in [6.45, 7) is 17.1. The van der Waals surface area contributed by atoms with Crippen molar-refractivity contribution in [1.82, 2.24) is 0 Å². The summed E-state index contributed by atoms with van der Waals surface area (Å²) in [6, 6.07) is 24.7. The van der Waals surface area contributed by atoms with E-state index in [4.69, 9.17) is 9.31 Å². The molecule has 0 aromatic heterocycles. The molecule has 1 heterocycles. The van der Waals surface area contributed by atoms with Crippen molar-refractivity contribution in [2.45, 2.75) is 72.0 Å². The third kappa shape index (κ3) is 3.25. The van der Waals surface area contributed by atoms with Crippen LogP contribution in [0.1, 0.15) is 66.5 Å². The maximum absolute atomic E-state index is 6.34. The van der Waals surface area contributed by atoms with E-state index in [-0.39, 0.29) is 23.7 Å². The van der Waals surface area contributed by atoms with Crippen molar-refractivity contribution in [1.29, 1.82) is 0 Å². The summed E-state index contributed by atoms with van der Waals surface area (Å²) < 4.78 is 12.7. The van der Waals surface area contributed by atoms with E-state index in [1.54, 1.807) is 0 Å². The first-order valence-corrected chi connectivity index (χ1v) is 12.5. The van der Waals surface area contributed by atoms with Crippen molar-refractivity contribution in [3.8, 4) is 11.1 Å². The van der Waals surface area contributed by atoms with Crippen molar-refractivity contribution in [2.75, 3.05) is 0 Å². The highest BCUT2D eigenvalue weighted by atomic mass is 16.7. The summed E-state index contributed by atoms with van der Waals surface area (Å²) in [6.07, 6.45) is 0. The van der Waals surface area contributed by atoms with Crippen LogP contribution in [0.5, 0.6) is 0 Å². The summed E-state index contributed by atoms with van der Waals surface area (Å²) in [5.41, 5.74) is 5.91. The molecule has 6 rings (SSSR count). The molecule has 174 valence electrons. The third-order valence-electron chi connectivity index (χ3n) is 8.09. The lowest BCUT2D eigenvalue weighted by atomic mass is 9.77. The SMILES string of the molecule is CC.CC1(C)c2ccccc2-c2cc3ccc4ccc(B5OC(C)(C)C(C)(C)O5)cc4c3cc21. The van der Waals surface area contributed by atoms with Gasteiger partial charge in [0.15, 0.2) is 0 Å². The smallest absolute Gasteiger partial charge is 0.399 e. The van der Waals surface area contributed by atoms with Gasteiger partial charge in [0.05, 0.1) is 11.2 Å². The molecule has 1 saturated heterocycles. The third-order valence-corrected chi connectivity index (χ3v) is 8.09. The summed E-state index contributed by atoms with van der Waals surface area (Å²) in [5.74, 6) is 0. The van der Waals surface area contributed by atoms with Crippen molar-refractivity contribution < 1.29 is 9.31 Å². The van der Waals surface area contributed by atoms with Gasteiger partial charge in [0.2, 0.25) is 0 Å². The molecule has 3 heteroatoms. The van der Waals surface area contributed by atoms with Crippen LogP contribution in [0.4, 0.5) is 0 Å². The van der Waals surface area contributed by atoms with Crippen molar-refractivity contribution >= 4 is 34.1 Å². The Labute approximate surface area is 204 Å². The van der Waals surface area contributed by atoms with E-state index in [1.807, 2.05) is 13.8 Å². The minimum absolute atomic E-state index is 0.00832. The van der Waals surface area contributed by atoms with Crippen LogP contribution in [0, 0.1) is 0 Å². The average Bonchev–Trinajstić information content (AvgIpc) is 3.18. The van der Waals surface area contributed by atoms with Gasteiger partial charge in [-0.1, -0.05) is 82.3 Å². The van der Waals surface area contributed by atoms with Gasteiger partial charge in [0.1, 0.15) is 0 Å². The van der Waals surface area contributed by atoms with Crippen LogP contribution in [-0.4, -0.2) is 18.3 Å². The monoisotopic (exact) mass is 450 g/mol. The van der Waals surface area contributed by atoms with Gasteiger partial charge in [0.25, 0.3) is 0 Å². The molecule has 0 spiro atoms. The fourth-order valence-corrected chi connectivity index (χ4v) is 5.39. The van der Waals surface area contributed by atoms with E-state index >= 15 is 0 Å². The summed E-state index contributed by atoms with van der Waals surface area (Å²) >= 11 is 0. The summed E-state index contributed by atoms with van der Waals surface area (Å²) in [4.78, 5) is 0. The van der Waals surface area contributed by atoms with Crippen molar-refractivity contribution in [2.24, 2.45) is 0 Å². The van der Waals surface area contributed by atoms with Crippen LogP contribution in [0.2, 0.25) is 0 Å². The first kappa shape index (κ1) is 23.1. The molecule has 2 aliphatic rings. The van der Waals surface area contributed by atoms with E-state index in [0.717, 1.165) is 5.46 Å². The Morgan fingerprint density at radius 3 is 1.88 bits per heavy atom. The highest BCUT2D eigenvalue weighted by Gasteiger charge is 2.51. The second-order valence-electron chi connectivity index (χ2n) is 10.9. The maximum Gasteiger partial charge on any atom is 0.494 e. The van der Waals surface area contributed by atoms with Crippen molar-refractivity contribution in [3.05, 3.63) is 77.9 Å². The molecule has 4 aromatic carbocycles. The number of benzene rings is 4. The quantitative estimate of drug-likeness (QED) is 0.219. The van der Waals surface area contributed by atoms with Gasteiger partial charge in [-0.05, 0) is 89.1 Å². The van der Waals surface area contributed by atoms with Crippen LogP contribution in [0.3, 0.4) is 0 Å². The van der Waals surface area contributed by atoms with Crippen LogP contribution < -0.4 is 5.46 Å². The Kier molecular flexibility index (Phi) is 5.24. The zero-order chi connectivity index (χ0) is 24.5. The highest BCUT2D eigenvalue weighted by Crippen LogP contribution is 2.50. The number of rotatable bonds is 1. The number of fused-ring (bicyclic) bond motifs is 6.